The maximum absolute atomic E-state index is 12.7. The second kappa shape index (κ2) is 9.40. The van der Waals surface area contributed by atoms with Gasteiger partial charge in [0.05, 0.1) is 11.8 Å². The normalized spacial score (nSPS) is 16.7. The number of hydrogen-bond acceptors (Lipinski definition) is 7. The molecule has 1 N–H and O–H groups in total. The number of nitrogens with zero attached hydrogens (tertiary/aromatic N) is 7. The number of amides is 1. The van der Waals surface area contributed by atoms with Crippen molar-refractivity contribution in [1.82, 2.24) is 35.0 Å². The summed E-state index contributed by atoms with van der Waals surface area (Å²) in [6, 6.07) is 6.44. The van der Waals surface area contributed by atoms with Crippen molar-refractivity contribution in [3.63, 3.8) is 0 Å². The Hall–Kier alpha value is -2.75. The molecule has 1 amide bonds. The Morgan fingerprint density at radius 3 is 2.88 bits per heavy atom. The van der Waals surface area contributed by atoms with E-state index in [1.54, 1.807) is 0 Å². The summed E-state index contributed by atoms with van der Waals surface area (Å²) in [7, 11) is 0. The Bertz CT molecular complexity index is 1100. The Labute approximate surface area is 191 Å². The molecule has 0 radical (unpaired) electrons. The molecule has 1 aliphatic heterocycles. The van der Waals surface area contributed by atoms with Crippen LogP contribution in [-0.4, -0.2) is 46.6 Å². The van der Waals surface area contributed by atoms with Crippen LogP contribution in [0.4, 0.5) is 5.69 Å². The summed E-state index contributed by atoms with van der Waals surface area (Å²) in [4.78, 5) is 12.7. The van der Waals surface area contributed by atoms with Crippen LogP contribution >= 0.6 is 11.8 Å². The van der Waals surface area contributed by atoms with Gasteiger partial charge in [0.1, 0.15) is 5.82 Å². The molecule has 1 saturated carbocycles. The number of nitrogens with one attached hydrogen (secondary N) is 1. The predicted molar refractivity (Wildman–Crippen MR) is 122 cm³/mol. The average molecular weight is 453 g/mol. The quantitative estimate of drug-likeness (QED) is 0.567. The maximum atomic E-state index is 12.7. The van der Waals surface area contributed by atoms with E-state index >= 15 is 0 Å². The molecule has 32 heavy (non-hydrogen) atoms. The second-order valence-electron chi connectivity index (χ2n) is 8.61. The van der Waals surface area contributed by atoms with Crippen LogP contribution in [0.2, 0.25) is 0 Å². The van der Waals surface area contributed by atoms with Crippen molar-refractivity contribution in [3.05, 3.63) is 29.6 Å². The lowest BCUT2D eigenvalue weighted by atomic mass is 10.1. The Balaban J connectivity index is 1.27. The van der Waals surface area contributed by atoms with Gasteiger partial charge in [-0.1, -0.05) is 43.2 Å². The highest BCUT2D eigenvalue weighted by Gasteiger charge is 2.22. The molecule has 2 aliphatic rings. The monoisotopic (exact) mass is 452 g/mol. The fraction of sp³-hybridized carbons (Fsp3) is 0.545. The van der Waals surface area contributed by atoms with E-state index in [0.29, 0.717) is 11.2 Å². The summed E-state index contributed by atoms with van der Waals surface area (Å²) in [5.41, 5.74) is 2.79. The van der Waals surface area contributed by atoms with Crippen molar-refractivity contribution in [1.29, 1.82) is 0 Å². The van der Waals surface area contributed by atoms with Crippen LogP contribution < -0.4 is 5.32 Å². The first-order valence-electron chi connectivity index (χ1n) is 11.4. The zero-order chi connectivity index (χ0) is 21.9. The zero-order valence-corrected chi connectivity index (χ0v) is 19.1. The van der Waals surface area contributed by atoms with Gasteiger partial charge in [0, 0.05) is 24.2 Å². The molecule has 0 atom stereocenters. The van der Waals surface area contributed by atoms with E-state index in [-0.39, 0.29) is 11.7 Å². The third-order valence-electron chi connectivity index (χ3n) is 6.34. The number of rotatable bonds is 6. The number of carbonyl (C=O) groups excluding carboxylic acids is 1. The first kappa shape index (κ1) is 21.1. The molecule has 168 valence electrons. The third-order valence-corrected chi connectivity index (χ3v) is 7.28. The molecule has 0 bridgehead atoms. The Morgan fingerprint density at radius 2 is 2.00 bits per heavy atom. The first-order chi connectivity index (χ1) is 15.7. The lowest BCUT2D eigenvalue weighted by Crippen LogP contribution is -2.16. The molecule has 9 nitrogen and oxygen atoms in total. The van der Waals surface area contributed by atoms with Crippen LogP contribution in [0.5, 0.6) is 0 Å². The van der Waals surface area contributed by atoms with Gasteiger partial charge in [0.15, 0.2) is 5.82 Å². The molecule has 10 heteroatoms. The van der Waals surface area contributed by atoms with Crippen molar-refractivity contribution in [3.8, 4) is 11.4 Å². The van der Waals surface area contributed by atoms with E-state index in [4.69, 9.17) is 0 Å². The summed E-state index contributed by atoms with van der Waals surface area (Å²) in [5.74, 6) is 2.12. The molecule has 0 saturated heterocycles. The highest BCUT2D eigenvalue weighted by atomic mass is 32.2. The van der Waals surface area contributed by atoms with Crippen molar-refractivity contribution in [2.45, 2.75) is 76.0 Å². The van der Waals surface area contributed by atoms with Crippen molar-refractivity contribution in [2.75, 3.05) is 11.1 Å². The lowest BCUT2D eigenvalue weighted by molar-refractivity contribution is -0.113. The summed E-state index contributed by atoms with van der Waals surface area (Å²) < 4.78 is 4.11. The summed E-state index contributed by atoms with van der Waals surface area (Å²) >= 11 is 1.38. The van der Waals surface area contributed by atoms with Crippen molar-refractivity contribution < 1.29 is 4.79 Å². The number of aromatic nitrogens is 7. The lowest BCUT2D eigenvalue weighted by Gasteiger charge is -2.13. The number of thioether (sulfide) groups is 1. The molecule has 0 unspecified atom stereocenters. The van der Waals surface area contributed by atoms with Crippen LogP contribution in [0, 0.1) is 6.92 Å². The SMILES string of the molecule is Cc1ccc(-c2nnc3n2CCCCC3)cc1NC(=O)CSc1nnnn1C1CCCC1. The summed E-state index contributed by atoms with van der Waals surface area (Å²) in [6.07, 6.45) is 9.12. The van der Waals surface area contributed by atoms with E-state index < -0.39 is 0 Å². The standard InChI is InChI=1S/C22H28N8OS/c1-15-10-11-16(21-25-24-19-9-3-2-6-12-29(19)21)13-18(15)23-20(31)14-32-22-26-27-28-30(22)17-7-4-5-8-17/h10-11,13,17H,2-9,12,14H2,1H3,(H,23,31). The van der Waals surface area contributed by atoms with Gasteiger partial charge in [0.25, 0.3) is 0 Å². The number of aryl methyl sites for hydroxylation is 2. The average Bonchev–Trinajstić information content (AvgIpc) is 3.53. The number of anilines is 1. The molecule has 2 aromatic heterocycles. The second-order valence-corrected chi connectivity index (χ2v) is 9.56. The van der Waals surface area contributed by atoms with Gasteiger partial charge >= 0.3 is 0 Å². The van der Waals surface area contributed by atoms with Crippen LogP contribution in [0.15, 0.2) is 23.4 Å². The van der Waals surface area contributed by atoms with Gasteiger partial charge in [-0.05, 0) is 54.7 Å². The number of hydrogen-bond donors (Lipinski definition) is 1. The minimum absolute atomic E-state index is 0.0729. The van der Waals surface area contributed by atoms with Crippen molar-refractivity contribution >= 4 is 23.4 Å². The van der Waals surface area contributed by atoms with E-state index in [9.17, 15) is 4.79 Å². The first-order valence-corrected chi connectivity index (χ1v) is 12.4. The molecule has 5 rings (SSSR count). The topological polar surface area (TPSA) is 103 Å². The molecule has 3 aromatic rings. The third kappa shape index (κ3) is 4.41. The number of benzene rings is 1. The molecular weight excluding hydrogens is 424 g/mol. The van der Waals surface area contributed by atoms with Crippen molar-refractivity contribution in [2.24, 2.45) is 0 Å². The Kier molecular flexibility index (Phi) is 6.20. The summed E-state index contributed by atoms with van der Waals surface area (Å²) in [6.45, 7) is 2.94. The molecule has 1 aromatic carbocycles. The van der Waals surface area contributed by atoms with E-state index in [2.05, 4.69) is 41.7 Å². The molecule has 0 spiro atoms. The highest BCUT2D eigenvalue weighted by molar-refractivity contribution is 7.99. The Morgan fingerprint density at radius 1 is 1.12 bits per heavy atom. The van der Waals surface area contributed by atoms with E-state index in [0.717, 1.165) is 67.1 Å². The zero-order valence-electron chi connectivity index (χ0n) is 18.3. The van der Waals surface area contributed by atoms with Crippen LogP contribution in [0.1, 0.15) is 62.4 Å². The van der Waals surface area contributed by atoms with Gasteiger partial charge in [-0.25, -0.2) is 4.68 Å². The highest BCUT2D eigenvalue weighted by Crippen LogP contribution is 2.31. The van der Waals surface area contributed by atoms with Gasteiger partial charge in [0.2, 0.25) is 11.1 Å². The summed E-state index contributed by atoms with van der Waals surface area (Å²) in [5, 5.41) is 24.7. The van der Waals surface area contributed by atoms with Crippen LogP contribution in [-0.2, 0) is 17.8 Å². The minimum Gasteiger partial charge on any atom is -0.325 e. The van der Waals surface area contributed by atoms with Gasteiger partial charge < -0.3 is 9.88 Å². The van der Waals surface area contributed by atoms with Gasteiger partial charge in [-0.3, -0.25) is 4.79 Å². The fourth-order valence-electron chi connectivity index (χ4n) is 4.57. The fourth-order valence-corrected chi connectivity index (χ4v) is 5.31. The molecular formula is C22H28N8OS. The number of fused-ring (bicyclic) bond motifs is 1. The van der Waals surface area contributed by atoms with Gasteiger partial charge in [-0.15, -0.1) is 15.3 Å². The van der Waals surface area contributed by atoms with Crippen LogP contribution in [0.25, 0.3) is 11.4 Å². The minimum atomic E-state index is -0.0729. The smallest absolute Gasteiger partial charge is 0.234 e. The molecule has 1 fully saturated rings. The predicted octanol–water partition coefficient (Wildman–Crippen LogP) is 3.81. The maximum Gasteiger partial charge on any atom is 0.234 e. The van der Waals surface area contributed by atoms with Crippen LogP contribution in [0.3, 0.4) is 0 Å². The molecule has 1 aliphatic carbocycles. The number of carbonyl (C=O) groups is 1. The number of tetrazole rings is 1. The van der Waals surface area contributed by atoms with E-state index in [1.807, 2.05) is 23.7 Å². The molecule has 3 heterocycles. The van der Waals surface area contributed by atoms with E-state index in [1.165, 1.54) is 31.0 Å². The van der Waals surface area contributed by atoms with Gasteiger partial charge in [-0.2, -0.15) is 0 Å². The largest absolute Gasteiger partial charge is 0.325 e.